The molecule has 0 saturated heterocycles. The molecule has 0 atom stereocenters. The second kappa shape index (κ2) is 9.51. The molecule has 27 heavy (non-hydrogen) atoms. The summed E-state index contributed by atoms with van der Waals surface area (Å²) in [5.74, 6) is 0.126. The molecule has 1 aliphatic rings. The molecule has 5 nitrogen and oxygen atoms in total. The van der Waals surface area contributed by atoms with Crippen LogP contribution in [0.15, 0.2) is 48.8 Å². The molecule has 0 radical (unpaired) electrons. The van der Waals surface area contributed by atoms with E-state index in [1.807, 2.05) is 36.4 Å². The Kier molecular flexibility index (Phi) is 6.82. The van der Waals surface area contributed by atoms with E-state index >= 15 is 0 Å². The van der Waals surface area contributed by atoms with Gasteiger partial charge < -0.3 is 10.6 Å². The molecule has 6 heteroatoms. The van der Waals surface area contributed by atoms with Crippen LogP contribution in [0.4, 0.5) is 0 Å². The van der Waals surface area contributed by atoms with Crippen molar-refractivity contribution in [1.29, 1.82) is 0 Å². The summed E-state index contributed by atoms with van der Waals surface area (Å²) in [7, 11) is 0. The number of hydrogen-bond donors (Lipinski definition) is 2. The molecule has 2 amide bonds. The molecule has 1 fully saturated rings. The number of hydrogen-bond acceptors (Lipinski definition) is 3. The van der Waals surface area contributed by atoms with E-state index < -0.39 is 0 Å². The van der Waals surface area contributed by atoms with Crippen molar-refractivity contribution < 1.29 is 9.59 Å². The highest BCUT2D eigenvalue weighted by atomic mass is 35.5. The standard InChI is InChI=1S/C21H24ClN3O2/c22-19-7-1-15(2-8-19)13-24-20(26)17-3-5-18(6-4-17)21(27)25-14-16-9-11-23-12-10-16/h1-2,7-12,17-18H,3-6,13-14H2,(H,24,26)(H,25,27). The van der Waals surface area contributed by atoms with Crippen molar-refractivity contribution in [2.45, 2.75) is 38.8 Å². The largest absolute Gasteiger partial charge is 0.352 e. The molecular formula is C21H24ClN3O2. The van der Waals surface area contributed by atoms with E-state index in [9.17, 15) is 9.59 Å². The molecule has 1 saturated carbocycles. The Bertz CT molecular complexity index is 757. The van der Waals surface area contributed by atoms with E-state index in [-0.39, 0.29) is 23.7 Å². The first-order valence-corrected chi connectivity index (χ1v) is 9.68. The molecule has 1 aromatic heterocycles. The number of halogens is 1. The van der Waals surface area contributed by atoms with E-state index in [1.165, 1.54) is 0 Å². The van der Waals surface area contributed by atoms with Gasteiger partial charge in [-0.05, 0) is 61.1 Å². The molecule has 2 N–H and O–H groups in total. The number of benzene rings is 1. The number of aromatic nitrogens is 1. The van der Waals surface area contributed by atoms with Crippen LogP contribution >= 0.6 is 11.6 Å². The van der Waals surface area contributed by atoms with Crippen LogP contribution in [-0.4, -0.2) is 16.8 Å². The van der Waals surface area contributed by atoms with Gasteiger partial charge in [0, 0.05) is 42.3 Å². The summed E-state index contributed by atoms with van der Waals surface area (Å²) < 4.78 is 0. The van der Waals surface area contributed by atoms with Gasteiger partial charge in [-0.1, -0.05) is 23.7 Å². The van der Waals surface area contributed by atoms with Gasteiger partial charge in [-0.25, -0.2) is 0 Å². The van der Waals surface area contributed by atoms with Crippen LogP contribution in [0.3, 0.4) is 0 Å². The van der Waals surface area contributed by atoms with E-state index in [1.54, 1.807) is 12.4 Å². The molecule has 3 rings (SSSR count). The second-order valence-electron chi connectivity index (χ2n) is 6.97. The van der Waals surface area contributed by atoms with Crippen LogP contribution in [0, 0.1) is 11.8 Å². The number of pyridine rings is 1. The lowest BCUT2D eigenvalue weighted by atomic mass is 9.81. The maximum Gasteiger partial charge on any atom is 0.223 e. The van der Waals surface area contributed by atoms with E-state index in [0.29, 0.717) is 18.1 Å². The van der Waals surface area contributed by atoms with Crippen molar-refractivity contribution in [2.75, 3.05) is 0 Å². The zero-order valence-corrected chi connectivity index (χ0v) is 15.9. The van der Waals surface area contributed by atoms with Crippen LogP contribution in [0.5, 0.6) is 0 Å². The van der Waals surface area contributed by atoms with Crippen molar-refractivity contribution in [3.05, 3.63) is 64.9 Å². The van der Waals surface area contributed by atoms with Gasteiger partial charge in [0.05, 0.1) is 0 Å². The highest BCUT2D eigenvalue weighted by Gasteiger charge is 2.29. The molecule has 0 bridgehead atoms. The van der Waals surface area contributed by atoms with Gasteiger partial charge in [-0.3, -0.25) is 14.6 Å². The van der Waals surface area contributed by atoms with Gasteiger partial charge >= 0.3 is 0 Å². The molecule has 1 aliphatic carbocycles. The normalized spacial score (nSPS) is 19.3. The van der Waals surface area contributed by atoms with Crippen LogP contribution in [0.1, 0.15) is 36.8 Å². The average Bonchev–Trinajstić information content (AvgIpc) is 2.72. The van der Waals surface area contributed by atoms with Gasteiger partial charge in [0.2, 0.25) is 11.8 Å². The Labute approximate surface area is 164 Å². The molecule has 1 heterocycles. The lowest BCUT2D eigenvalue weighted by Gasteiger charge is -2.27. The summed E-state index contributed by atoms with van der Waals surface area (Å²) in [6, 6.07) is 11.2. The second-order valence-corrected chi connectivity index (χ2v) is 7.40. The van der Waals surface area contributed by atoms with Gasteiger partial charge in [-0.2, -0.15) is 0 Å². The summed E-state index contributed by atoms with van der Waals surface area (Å²) in [4.78, 5) is 28.7. The number of nitrogens with one attached hydrogen (secondary N) is 2. The third-order valence-corrected chi connectivity index (χ3v) is 5.32. The lowest BCUT2D eigenvalue weighted by molar-refractivity contribution is -0.130. The number of rotatable bonds is 6. The Hall–Kier alpha value is -2.40. The zero-order valence-electron chi connectivity index (χ0n) is 15.2. The maximum atomic E-state index is 12.4. The fourth-order valence-electron chi connectivity index (χ4n) is 3.39. The van der Waals surface area contributed by atoms with Gasteiger partial charge in [0.25, 0.3) is 0 Å². The van der Waals surface area contributed by atoms with Crippen molar-refractivity contribution in [2.24, 2.45) is 11.8 Å². The predicted octanol–water partition coefficient (Wildman–Crippen LogP) is 3.47. The molecule has 0 spiro atoms. The van der Waals surface area contributed by atoms with Crippen molar-refractivity contribution >= 4 is 23.4 Å². The summed E-state index contributed by atoms with van der Waals surface area (Å²) in [5.41, 5.74) is 2.06. The first-order chi connectivity index (χ1) is 13.1. The van der Waals surface area contributed by atoms with Crippen molar-refractivity contribution in [3.63, 3.8) is 0 Å². The summed E-state index contributed by atoms with van der Waals surface area (Å²) in [5, 5.41) is 6.66. The molecule has 142 valence electrons. The fraction of sp³-hybridized carbons (Fsp3) is 0.381. The Morgan fingerprint density at radius 3 is 1.74 bits per heavy atom. The van der Waals surface area contributed by atoms with Crippen LogP contribution < -0.4 is 10.6 Å². The SMILES string of the molecule is O=C(NCc1ccncc1)C1CCC(C(=O)NCc2ccc(Cl)cc2)CC1. The minimum Gasteiger partial charge on any atom is -0.352 e. The molecule has 2 aromatic rings. The fourth-order valence-corrected chi connectivity index (χ4v) is 3.51. The summed E-state index contributed by atoms with van der Waals surface area (Å²) >= 11 is 5.87. The molecular weight excluding hydrogens is 362 g/mol. The first-order valence-electron chi connectivity index (χ1n) is 9.30. The Balaban J connectivity index is 1.39. The number of carbonyl (C=O) groups is 2. The summed E-state index contributed by atoms with van der Waals surface area (Å²) in [6.45, 7) is 1.02. The van der Waals surface area contributed by atoms with E-state index in [4.69, 9.17) is 11.6 Å². The van der Waals surface area contributed by atoms with Crippen LogP contribution in [0.25, 0.3) is 0 Å². The molecule has 0 unspecified atom stereocenters. The smallest absolute Gasteiger partial charge is 0.223 e. The summed E-state index contributed by atoms with van der Waals surface area (Å²) in [6.07, 6.45) is 6.44. The number of nitrogens with zero attached hydrogens (tertiary/aromatic N) is 1. The topological polar surface area (TPSA) is 71.1 Å². The minimum atomic E-state index is -0.0125. The molecule has 1 aromatic carbocycles. The lowest BCUT2D eigenvalue weighted by Crippen LogP contribution is -2.37. The van der Waals surface area contributed by atoms with Gasteiger partial charge in [0.15, 0.2) is 0 Å². The Morgan fingerprint density at radius 1 is 0.815 bits per heavy atom. The maximum absolute atomic E-state index is 12.4. The van der Waals surface area contributed by atoms with E-state index in [2.05, 4.69) is 15.6 Å². The zero-order chi connectivity index (χ0) is 19.1. The van der Waals surface area contributed by atoms with E-state index in [0.717, 1.165) is 36.8 Å². The van der Waals surface area contributed by atoms with Crippen LogP contribution in [0.2, 0.25) is 5.02 Å². The van der Waals surface area contributed by atoms with Crippen molar-refractivity contribution in [3.8, 4) is 0 Å². The monoisotopic (exact) mass is 385 g/mol. The van der Waals surface area contributed by atoms with Gasteiger partial charge in [-0.15, -0.1) is 0 Å². The number of amides is 2. The van der Waals surface area contributed by atoms with Crippen LogP contribution in [-0.2, 0) is 22.7 Å². The quantitative estimate of drug-likeness (QED) is 0.799. The highest BCUT2D eigenvalue weighted by molar-refractivity contribution is 6.30. The third kappa shape index (κ3) is 5.79. The average molecular weight is 386 g/mol. The third-order valence-electron chi connectivity index (χ3n) is 5.06. The molecule has 0 aliphatic heterocycles. The minimum absolute atomic E-state index is 0.00727. The number of carbonyl (C=O) groups excluding carboxylic acids is 2. The highest BCUT2D eigenvalue weighted by Crippen LogP contribution is 2.29. The van der Waals surface area contributed by atoms with Crippen molar-refractivity contribution in [1.82, 2.24) is 15.6 Å². The Morgan fingerprint density at radius 2 is 1.26 bits per heavy atom. The van der Waals surface area contributed by atoms with Gasteiger partial charge in [0.1, 0.15) is 0 Å². The first kappa shape index (κ1) is 19.4. The predicted molar refractivity (Wildman–Crippen MR) is 105 cm³/mol.